The maximum atomic E-state index is 13.6. The van der Waals surface area contributed by atoms with Crippen LogP contribution in [0.25, 0.3) is 0 Å². The highest BCUT2D eigenvalue weighted by atomic mass is 79.9. The van der Waals surface area contributed by atoms with Gasteiger partial charge < -0.3 is 10.5 Å². The molecule has 3 aromatic rings. The predicted octanol–water partition coefficient (Wildman–Crippen LogP) is 8.26. The molecule has 0 radical (unpaired) electrons. The summed E-state index contributed by atoms with van der Waals surface area (Å²) in [7, 11) is 0. The van der Waals surface area contributed by atoms with E-state index in [4.69, 9.17) is 33.7 Å². The smallest absolute Gasteiger partial charge is 0.161 e. The van der Waals surface area contributed by atoms with Crippen molar-refractivity contribution < 1.29 is 9.53 Å². The Morgan fingerprint density at radius 1 is 1.10 bits per heavy atom. The van der Waals surface area contributed by atoms with Gasteiger partial charge in [-0.15, -0.1) is 0 Å². The fourth-order valence-corrected chi connectivity index (χ4v) is 6.06. The summed E-state index contributed by atoms with van der Waals surface area (Å²) in [6, 6.07) is 19.4. The molecule has 0 fully saturated rings. The van der Waals surface area contributed by atoms with Crippen LogP contribution in [-0.4, -0.2) is 5.78 Å². The summed E-state index contributed by atoms with van der Waals surface area (Å²) < 4.78 is 7.05. The van der Waals surface area contributed by atoms with E-state index in [0.29, 0.717) is 52.7 Å². The first kappa shape index (κ1) is 27.3. The highest BCUT2D eigenvalue weighted by molar-refractivity contribution is 9.10. The third kappa shape index (κ3) is 5.07. The number of nitriles is 1. The summed E-state index contributed by atoms with van der Waals surface area (Å²) >= 11 is 16.4. The summed E-state index contributed by atoms with van der Waals surface area (Å²) in [5.41, 5.74) is 12.8. The number of carbonyl (C=O) groups excluding carboxylic acids is 1. The number of rotatable bonds is 5. The second kappa shape index (κ2) is 11.1. The first-order valence-corrected chi connectivity index (χ1v) is 14.1. The average molecular weight is 623 g/mol. The molecule has 0 aromatic heterocycles. The number of ketones is 1. The molecular formula is C31H26BrCl2N3O2. The Labute approximate surface area is 246 Å². The van der Waals surface area contributed by atoms with Crippen LogP contribution in [0.5, 0.6) is 5.75 Å². The molecule has 5 nitrogen and oxygen atoms in total. The van der Waals surface area contributed by atoms with Crippen LogP contribution in [0.4, 0.5) is 5.69 Å². The zero-order valence-electron chi connectivity index (χ0n) is 21.5. The molecule has 2 aliphatic rings. The number of hydrogen-bond donors (Lipinski definition) is 1. The van der Waals surface area contributed by atoms with Crippen molar-refractivity contribution in [1.82, 2.24) is 0 Å². The molecule has 0 spiro atoms. The lowest BCUT2D eigenvalue weighted by atomic mass is 9.74. The summed E-state index contributed by atoms with van der Waals surface area (Å²) in [5, 5.41) is 11.1. The van der Waals surface area contributed by atoms with E-state index < -0.39 is 5.92 Å². The molecule has 1 heterocycles. The molecule has 0 amide bonds. The highest BCUT2D eigenvalue weighted by Crippen LogP contribution is 2.49. The Kier molecular flexibility index (Phi) is 7.77. The maximum absolute atomic E-state index is 13.6. The minimum Gasteiger partial charge on any atom is -0.489 e. The number of nitrogens with zero attached hydrogens (tertiary/aromatic N) is 2. The van der Waals surface area contributed by atoms with Gasteiger partial charge in [-0.1, -0.05) is 57.3 Å². The van der Waals surface area contributed by atoms with E-state index in [9.17, 15) is 10.1 Å². The van der Waals surface area contributed by atoms with Crippen molar-refractivity contribution in [2.24, 2.45) is 5.73 Å². The van der Waals surface area contributed by atoms with Crippen LogP contribution in [-0.2, 0) is 11.4 Å². The second-order valence-corrected chi connectivity index (χ2v) is 11.5. The number of anilines is 1. The lowest BCUT2D eigenvalue weighted by molar-refractivity contribution is -0.116. The van der Waals surface area contributed by atoms with Crippen molar-refractivity contribution >= 4 is 50.6 Å². The number of hydrogen-bond acceptors (Lipinski definition) is 5. The fourth-order valence-electron chi connectivity index (χ4n) is 5.41. The SMILES string of the molecule is Cc1cc(C)c(C2C(C#N)=C(N)N(c3cccc(Cl)c3Cl)C3=C2C(=O)CCC3)cc1COc1ccc(Br)cc1. The number of aryl methyl sites for hydroxylation is 2. The molecule has 3 aromatic carbocycles. The molecule has 1 unspecified atom stereocenters. The molecule has 0 saturated carbocycles. The molecule has 5 rings (SSSR count). The van der Waals surface area contributed by atoms with E-state index in [1.165, 1.54) is 0 Å². The third-order valence-corrected chi connectivity index (χ3v) is 8.67. The molecule has 1 aliphatic carbocycles. The number of nitrogens with two attached hydrogens (primary N) is 1. The summed E-state index contributed by atoms with van der Waals surface area (Å²) in [5.74, 6) is 0.435. The molecule has 39 heavy (non-hydrogen) atoms. The van der Waals surface area contributed by atoms with Crippen LogP contribution < -0.4 is 15.4 Å². The minimum absolute atomic E-state index is 0.0114. The van der Waals surface area contributed by atoms with E-state index in [1.54, 1.807) is 23.1 Å². The third-order valence-electron chi connectivity index (χ3n) is 7.33. The van der Waals surface area contributed by atoms with Gasteiger partial charge in [0, 0.05) is 22.2 Å². The van der Waals surface area contributed by atoms with Gasteiger partial charge in [-0.2, -0.15) is 5.26 Å². The quantitative estimate of drug-likeness (QED) is 0.310. The molecule has 1 atom stereocenters. The maximum Gasteiger partial charge on any atom is 0.161 e. The predicted molar refractivity (Wildman–Crippen MR) is 159 cm³/mol. The molecule has 8 heteroatoms. The number of carbonyl (C=O) groups is 1. The van der Waals surface area contributed by atoms with E-state index in [2.05, 4.69) is 28.1 Å². The lowest BCUT2D eigenvalue weighted by Crippen LogP contribution is -2.39. The normalized spacial score (nSPS) is 17.3. The highest BCUT2D eigenvalue weighted by Gasteiger charge is 2.41. The van der Waals surface area contributed by atoms with Crippen LogP contribution in [0.3, 0.4) is 0 Å². The number of halogens is 3. The summed E-state index contributed by atoms with van der Waals surface area (Å²) in [6.07, 6.45) is 1.73. The molecular weight excluding hydrogens is 597 g/mol. The van der Waals surface area contributed by atoms with E-state index in [1.807, 2.05) is 44.2 Å². The van der Waals surface area contributed by atoms with Crippen molar-refractivity contribution in [3.05, 3.63) is 114 Å². The van der Waals surface area contributed by atoms with Gasteiger partial charge in [0.15, 0.2) is 5.78 Å². The Hall–Kier alpha value is -3.24. The monoisotopic (exact) mass is 621 g/mol. The molecule has 198 valence electrons. The van der Waals surface area contributed by atoms with Crippen molar-refractivity contribution in [3.8, 4) is 11.8 Å². The first-order chi connectivity index (χ1) is 18.7. The number of allylic oxidation sites excluding steroid dienone is 3. The number of ether oxygens (including phenoxy) is 1. The minimum atomic E-state index is -0.584. The molecule has 0 bridgehead atoms. The van der Waals surface area contributed by atoms with Crippen LogP contribution >= 0.6 is 39.1 Å². The van der Waals surface area contributed by atoms with Crippen molar-refractivity contribution in [2.75, 3.05) is 4.90 Å². The first-order valence-electron chi connectivity index (χ1n) is 12.6. The topological polar surface area (TPSA) is 79.4 Å². The van der Waals surface area contributed by atoms with Gasteiger partial charge >= 0.3 is 0 Å². The largest absolute Gasteiger partial charge is 0.489 e. The van der Waals surface area contributed by atoms with Crippen LogP contribution in [0.2, 0.25) is 10.0 Å². The second-order valence-electron chi connectivity index (χ2n) is 9.77. The Bertz CT molecular complexity index is 1590. The van der Waals surface area contributed by atoms with E-state index in [0.717, 1.165) is 38.2 Å². The van der Waals surface area contributed by atoms with Gasteiger partial charge in [0.05, 0.1) is 33.3 Å². The Morgan fingerprint density at radius 2 is 1.85 bits per heavy atom. The number of benzene rings is 3. The Morgan fingerprint density at radius 3 is 2.56 bits per heavy atom. The standard InChI is InChI=1S/C31H26BrCl2N3O2/c1-17-13-18(2)22(14-19(17)16-39-21-11-9-20(32)10-12-21)28-23(15-35)31(36)37(25-6-4-8-27(38)29(25)28)26-7-3-5-24(33)30(26)34/h3,5,7,9-14,28H,4,6,8,16,36H2,1-2H3. The zero-order valence-corrected chi connectivity index (χ0v) is 24.6. The molecule has 2 N–H and O–H groups in total. The van der Waals surface area contributed by atoms with Crippen LogP contribution in [0.1, 0.15) is 47.4 Å². The summed E-state index contributed by atoms with van der Waals surface area (Å²) in [6.45, 7) is 4.38. The van der Waals surface area contributed by atoms with Gasteiger partial charge in [0.25, 0.3) is 0 Å². The van der Waals surface area contributed by atoms with Crippen LogP contribution in [0, 0.1) is 25.2 Å². The molecule has 0 saturated heterocycles. The fraction of sp³-hybridized carbons (Fsp3) is 0.226. The van der Waals surface area contributed by atoms with Gasteiger partial charge in [-0.05, 0) is 85.3 Å². The lowest BCUT2D eigenvalue weighted by Gasteiger charge is -2.40. The van der Waals surface area contributed by atoms with Crippen LogP contribution in [0.15, 0.2) is 81.7 Å². The van der Waals surface area contributed by atoms with Crippen molar-refractivity contribution in [1.29, 1.82) is 5.26 Å². The van der Waals surface area contributed by atoms with Crippen molar-refractivity contribution in [3.63, 3.8) is 0 Å². The summed E-state index contributed by atoms with van der Waals surface area (Å²) in [4.78, 5) is 15.3. The molecule has 1 aliphatic heterocycles. The van der Waals surface area contributed by atoms with Gasteiger partial charge in [-0.25, -0.2) is 0 Å². The van der Waals surface area contributed by atoms with Crippen molar-refractivity contribution in [2.45, 2.75) is 45.6 Å². The zero-order chi connectivity index (χ0) is 27.8. The Balaban J connectivity index is 1.64. The van der Waals surface area contributed by atoms with E-state index in [-0.39, 0.29) is 11.6 Å². The van der Waals surface area contributed by atoms with E-state index >= 15 is 0 Å². The number of Topliss-reactive ketones (excluding diaryl/α,β-unsaturated/α-hetero) is 1. The van der Waals surface area contributed by atoms with Gasteiger partial charge in [0.2, 0.25) is 0 Å². The van der Waals surface area contributed by atoms with Gasteiger partial charge in [0.1, 0.15) is 18.2 Å². The van der Waals surface area contributed by atoms with Gasteiger partial charge in [-0.3, -0.25) is 9.69 Å². The average Bonchev–Trinajstić information content (AvgIpc) is 2.91.